The number of hydrogen-bond donors (Lipinski definition) is 2. The van der Waals surface area contributed by atoms with Gasteiger partial charge in [-0.1, -0.05) is 23.7 Å². The SMILES string of the molecule is CC(=O)N1CC[C@H](NC(=O)c2cc(-n3ncc4cc(Nc5ccccc5Cl)c(F)cc43)cs2)C1.S. The summed E-state index contributed by atoms with van der Waals surface area (Å²) >= 11 is 7.47. The zero-order valence-corrected chi connectivity index (χ0v) is 21.3. The first-order valence-electron chi connectivity index (χ1n) is 10.7. The van der Waals surface area contributed by atoms with Crippen LogP contribution >= 0.6 is 36.4 Å². The molecule has 182 valence electrons. The van der Waals surface area contributed by atoms with E-state index in [1.807, 2.05) is 11.4 Å². The van der Waals surface area contributed by atoms with Crippen LogP contribution in [0.3, 0.4) is 0 Å². The number of benzene rings is 2. The van der Waals surface area contributed by atoms with Crippen molar-refractivity contribution in [3.63, 3.8) is 0 Å². The first-order valence-corrected chi connectivity index (χ1v) is 12.0. The Morgan fingerprint density at radius 1 is 1.20 bits per heavy atom. The van der Waals surface area contributed by atoms with Gasteiger partial charge in [0.05, 0.1) is 38.7 Å². The molecule has 1 aliphatic rings. The van der Waals surface area contributed by atoms with E-state index in [2.05, 4.69) is 15.7 Å². The molecule has 2 amide bonds. The fraction of sp³-hybridized carbons (Fsp3) is 0.208. The van der Waals surface area contributed by atoms with E-state index in [1.54, 1.807) is 46.1 Å². The number of nitrogens with one attached hydrogen (secondary N) is 2. The molecule has 4 aromatic rings. The number of nitrogens with zero attached hydrogens (tertiary/aromatic N) is 3. The van der Waals surface area contributed by atoms with Crippen LogP contribution < -0.4 is 10.6 Å². The number of amides is 2. The maximum absolute atomic E-state index is 14.9. The predicted octanol–water partition coefficient (Wildman–Crippen LogP) is 5.09. The lowest BCUT2D eigenvalue weighted by atomic mass is 10.2. The van der Waals surface area contributed by atoms with Crippen molar-refractivity contribution in [3.05, 3.63) is 69.8 Å². The van der Waals surface area contributed by atoms with Crippen molar-refractivity contribution in [3.8, 4) is 5.69 Å². The molecule has 1 saturated heterocycles. The van der Waals surface area contributed by atoms with E-state index in [4.69, 9.17) is 11.6 Å². The molecule has 0 radical (unpaired) electrons. The smallest absolute Gasteiger partial charge is 0.261 e. The minimum atomic E-state index is -0.446. The second-order valence-electron chi connectivity index (χ2n) is 8.15. The van der Waals surface area contributed by atoms with Crippen LogP contribution in [0.5, 0.6) is 0 Å². The Hall–Kier alpha value is -3.08. The van der Waals surface area contributed by atoms with Crippen molar-refractivity contribution in [2.24, 2.45) is 0 Å². The van der Waals surface area contributed by atoms with Gasteiger partial charge in [0, 0.05) is 42.9 Å². The van der Waals surface area contributed by atoms with Crippen LogP contribution in [0.4, 0.5) is 15.8 Å². The first-order chi connectivity index (χ1) is 16.4. The predicted molar refractivity (Wildman–Crippen MR) is 142 cm³/mol. The Kier molecular flexibility index (Phi) is 7.34. The van der Waals surface area contributed by atoms with Crippen molar-refractivity contribution in [2.75, 3.05) is 18.4 Å². The highest BCUT2D eigenvalue weighted by Gasteiger charge is 2.26. The number of carbonyl (C=O) groups is 2. The molecule has 1 fully saturated rings. The molecule has 0 spiro atoms. The fourth-order valence-electron chi connectivity index (χ4n) is 4.03. The second kappa shape index (κ2) is 10.3. The summed E-state index contributed by atoms with van der Waals surface area (Å²) in [4.78, 5) is 26.5. The molecule has 35 heavy (non-hydrogen) atoms. The van der Waals surface area contributed by atoms with Gasteiger partial charge in [-0.25, -0.2) is 9.07 Å². The Morgan fingerprint density at radius 3 is 2.74 bits per heavy atom. The van der Waals surface area contributed by atoms with Gasteiger partial charge in [-0.15, -0.1) is 11.3 Å². The van der Waals surface area contributed by atoms with Crippen LogP contribution in [0.15, 0.2) is 54.0 Å². The molecule has 1 aliphatic heterocycles. The number of para-hydroxylation sites is 1. The third-order valence-electron chi connectivity index (χ3n) is 5.82. The number of anilines is 2. The Bertz CT molecular complexity index is 1410. The van der Waals surface area contributed by atoms with Crippen LogP contribution in [0.2, 0.25) is 5.02 Å². The fourth-order valence-corrected chi connectivity index (χ4v) is 4.99. The van der Waals surface area contributed by atoms with Gasteiger partial charge in [-0.05, 0) is 30.7 Å². The van der Waals surface area contributed by atoms with E-state index in [-0.39, 0.29) is 31.4 Å². The summed E-state index contributed by atoms with van der Waals surface area (Å²) in [5.41, 5.74) is 2.16. The largest absolute Gasteiger partial charge is 0.352 e. The third-order valence-corrected chi connectivity index (χ3v) is 7.07. The summed E-state index contributed by atoms with van der Waals surface area (Å²) in [6.45, 7) is 2.70. The van der Waals surface area contributed by atoms with Gasteiger partial charge in [-0.2, -0.15) is 18.6 Å². The number of fused-ring (bicyclic) bond motifs is 1. The topological polar surface area (TPSA) is 79.3 Å². The Labute approximate surface area is 217 Å². The number of aromatic nitrogens is 2. The van der Waals surface area contributed by atoms with Gasteiger partial charge in [0.2, 0.25) is 5.91 Å². The summed E-state index contributed by atoms with van der Waals surface area (Å²) in [6.07, 6.45) is 2.38. The van der Waals surface area contributed by atoms with E-state index in [9.17, 15) is 14.0 Å². The Balaban J connectivity index is 0.00000289. The summed E-state index contributed by atoms with van der Waals surface area (Å²) < 4.78 is 16.5. The summed E-state index contributed by atoms with van der Waals surface area (Å²) in [5.74, 6) is -0.627. The van der Waals surface area contributed by atoms with Crippen LogP contribution in [0.1, 0.15) is 23.0 Å². The van der Waals surface area contributed by atoms with E-state index < -0.39 is 5.82 Å². The third kappa shape index (κ3) is 5.14. The van der Waals surface area contributed by atoms with Crippen LogP contribution in [0, 0.1) is 5.82 Å². The second-order valence-corrected chi connectivity index (χ2v) is 9.46. The average molecular weight is 532 g/mol. The molecule has 11 heteroatoms. The average Bonchev–Trinajstić information content (AvgIpc) is 3.55. The van der Waals surface area contributed by atoms with Gasteiger partial charge in [0.25, 0.3) is 5.91 Å². The van der Waals surface area contributed by atoms with Gasteiger partial charge < -0.3 is 15.5 Å². The zero-order valence-electron chi connectivity index (χ0n) is 18.7. The molecule has 0 bridgehead atoms. The zero-order chi connectivity index (χ0) is 23.8. The van der Waals surface area contributed by atoms with E-state index in [0.717, 1.165) is 11.8 Å². The molecule has 0 aliphatic carbocycles. The van der Waals surface area contributed by atoms with Crippen molar-refractivity contribution >= 4 is 70.5 Å². The van der Waals surface area contributed by atoms with Crippen molar-refractivity contribution in [1.29, 1.82) is 0 Å². The summed E-state index contributed by atoms with van der Waals surface area (Å²) in [5, 5.41) is 13.5. The number of likely N-dealkylation sites (tertiary alicyclic amines) is 1. The maximum atomic E-state index is 14.9. The van der Waals surface area contributed by atoms with Gasteiger partial charge in [0.15, 0.2) is 0 Å². The van der Waals surface area contributed by atoms with E-state index in [1.165, 1.54) is 24.3 Å². The maximum Gasteiger partial charge on any atom is 0.261 e. The summed E-state index contributed by atoms with van der Waals surface area (Å²) in [6, 6.07) is 11.9. The highest BCUT2D eigenvalue weighted by Crippen LogP contribution is 2.31. The normalized spacial score (nSPS) is 15.2. The highest BCUT2D eigenvalue weighted by atomic mass is 35.5. The van der Waals surface area contributed by atoms with Gasteiger partial charge in [-0.3, -0.25) is 9.59 Å². The molecular formula is C24H23ClFN5O2S2. The number of carbonyl (C=O) groups excluding carboxylic acids is 2. The van der Waals surface area contributed by atoms with Crippen LogP contribution in [-0.4, -0.2) is 45.6 Å². The molecule has 7 nitrogen and oxygen atoms in total. The molecule has 3 heterocycles. The molecular weight excluding hydrogens is 509 g/mol. The lowest BCUT2D eigenvalue weighted by molar-refractivity contribution is -0.127. The number of halogens is 2. The van der Waals surface area contributed by atoms with E-state index in [0.29, 0.717) is 45.6 Å². The van der Waals surface area contributed by atoms with Crippen molar-refractivity contribution in [2.45, 2.75) is 19.4 Å². The highest BCUT2D eigenvalue weighted by molar-refractivity contribution is 7.59. The van der Waals surface area contributed by atoms with Crippen LogP contribution in [-0.2, 0) is 4.79 Å². The van der Waals surface area contributed by atoms with Crippen molar-refractivity contribution in [1.82, 2.24) is 20.0 Å². The standard InChI is InChI=1S/C24H21ClFN5O2S.H2S/c1-14(32)30-7-6-16(12-30)28-24(33)23-9-17(13-34-23)31-22-10-19(26)21(8-15(22)11-27-31)29-20-5-3-2-4-18(20)25;/h2-5,8-11,13,16,29H,6-7,12H2,1H3,(H,28,33);1H2/t16-;/m0./s1. The molecule has 0 unspecified atom stereocenters. The van der Waals surface area contributed by atoms with Crippen molar-refractivity contribution < 1.29 is 14.0 Å². The molecule has 2 aromatic heterocycles. The van der Waals surface area contributed by atoms with E-state index >= 15 is 0 Å². The number of rotatable bonds is 5. The molecule has 5 rings (SSSR count). The minimum Gasteiger partial charge on any atom is -0.352 e. The lowest BCUT2D eigenvalue weighted by Crippen LogP contribution is -2.37. The summed E-state index contributed by atoms with van der Waals surface area (Å²) in [7, 11) is 0. The lowest BCUT2D eigenvalue weighted by Gasteiger charge is -2.14. The first kappa shape index (κ1) is 25.0. The molecule has 0 saturated carbocycles. The van der Waals surface area contributed by atoms with Gasteiger partial charge >= 0.3 is 0 Å². The molecule has 1 atom stereocenters. The minimum absolute atomic E-state index is 0. The number of hydrogen-bond acceptors (Lipinski definition) is 5. The van der Waals surface area contributed by atoms with Crippen LogP contribution in [0.25, 0.3) is 16.6 Å². The Morgan fingerprint density at radius 2 is 2.00 bits per heavy atom. The molecule has 2 aromatic carbocycles. The monoisotopic (exact) mass is 531 g/mol. The molecule has 2 N–H and O–H groups in total. The quantitative estimate of drug-likeness (QED) is 0.376. The number of thiophene rings is 1. The van der Waals surface area contributed by atoms with Gasteiger partial charge in [0.1, 0.15) is 5.82 Å².